The number of amides is 1. The molecular weight excluding hydrogens is 240 g/mol. The summed E-state index contributed by atoms with van der Waals surface area (Å²) in [5, 5.41) is 6.50. The Hall–Kier alpha value is -0.480. The molecule has 2 fully saturated rings. The summed E-state index contributed by atoms with van der Waals surface area (Å²) in [5.74, 6) is 0. The summed E-state index contributed by atoms with van der Waals surface area (Å²) in [7, 11) is 0. The van der Waals surface area contributed by atoms with Crippen LogP contribution < -0.4 is 10.6 Å². The van der Waals surface area contributed by atoms with Gasteiger partial charge in [0.15, 0.2) is 0 Å². The Bertz CT molecular complexity index is 285. The van der Waals surface area contributed by atoms with Crippen molar-refractivity contribution in [3.05, 3.63) is 0 Å². The Morgan fingerprint density at radius 2 is 2.06 bits per heavy atom. The van der Waals surface area contributed by atoms with Gasteiger partial charge in [0.1, 0.15) is 5.60 Å². The van der Waals surface area contributed by atoms with Crippen molar-refractivity contribution in [2.45, 2.75) is 63.6 Å². The standard InChI is InChI=1S/C12H22N2O2.ClH/c1-11(2,3)16-10(15)14-9-4-7-13-12(8-9)5-6-12;/h9,13H,4-8H2,1-3H3,(H,14,15);1H. The van der Waals surface area contributed by atoms with Gasteiger partial charge in [0.2, 0.25) is 0 Å². The van der Waals surface area contributed by atoms with E-state index in [4.69, 9.17) is 4.74 Å². The van der Waals surface area contributed by atoms with E-state index in [9.17, 15) is 4.79 Å². The number of carbonyl (C=O) groups is 1. The van der Waals surface area contributed by atoms with Gasteiger partial charge in [-0.3, -0.25) is 0 Å². The third-order valence-electron chi connectivity index (χ3n) is 3.20. The molecule has 100 valence electrons. The molecule has 1 heterocycles. The molecule has 5 heteroatoms. The van der Waals surface area contributed by atoms with Crippen LogP contribution in [0.5, 0.6) is 0 Å². The van der Waals surface area contributed by atoms with E-state index in [1.807, 2.05) is 20.8 Å². The molecule has 1 atom stereocenters. The second-order valence-corrected chi connectivity index (χ2v) is 6.04. The number of piperidine rings is 1. The fourth-order valence-electron chi connectivity index (χ4n) is 2.29. The number of rotatable bonds is 1. The van der Waals surface area contributed by atoms with E-state index < -0.39 is 5.60 Å². The van der Waals surface area contributed by atoms with Crippen molar-refractivity contribution in [1.82, 2.24) is 10.6 Å². The Morgan fingerprint density at radius 1 is 1.41 bits per heavy atom. The molecule has 1 amide bonds. The third kappa shape index (κ3) is 4.36. The largest absolute Gasteiger partial charge is 0.444 e. The minimum Gasteiger partial charge on any atom is -0.444 e. The molecule has 1 aliphatic heterocycles. The smallest absolute Gasteiger partial charge is 0.407 e. The van der Waals surface area contributed by atoms with Crippen LogP contribution in [0.25, 0.3) is 0 Å². The Balaban J connectivity index is 0.00000144. The number of alkyl carbamates (subject to hydrolysis) is 1. The zero-order valence-electron chi connectivity index (χ0n) is 10.8. The molecule has 1 aliphatic carbocycles. The van der Waals surface area contributed by atoms with Gasteiger partial charge in [0.05, 0.1) is 0 Å². The summed E-state index contributed by atoms with van der Waals surface area (Å²) in [5.41, 5.74) is -0.0633. The zero-order chi connectivity index (χ0) is 11.8. The van der Waals surface area contributed by atoms with Gasteiger partial charge in [0.25, 0.3) is 0 Å². The second kappa shape index (κ2) is 5.02. The van der Waals surface area contributed by atoms with E-state index in [-0.39, 0.29) is 24.5 Å². The first-order valence-corrected chi connectivity index (χ1v) is 6.13. The molecule has 2 N–H and O–H groups in total. The molecule has 1 saturated heterocycles. The Labute approximate surface area is 109 Å². The van der Waals surface area contributed by atoms with Gasteiger partial charge in [-0.05, 0) is 53.0 Å². The third-order valence-corrected chi connectivity index (χ3v) is 3.20. The van der Waals surface area contributed by atoms with Gasteiger partial charge in [-0.15, -0.1) is 12.4 Å². The van der Waals surface area contributed by atoms with Crippen LogP contribution in [0.4, 0.5) is 4.79 Å². The predicted molar refractivity (Wildman–Crippen MR) is 69.6 cm³/mol. The Morgan fingerprint density at radius 3 is 2.59 bits per heavy atom. The van der Waals surface area contributed by atoms with Gasteiger partial charge in [-0.1, -0.05) is 0 Å². The number of nitrogens with one attached hydrogen (secondary N) is 2. The summed E-state index contributed by atoms with van der Waals surface area (Å²) in [6.07, 6.45) is 4.27. The van der Waals surface area contributed by atoms with Crippen LogP contribution in [0.2, 0.25) is 0 Å². The van der Waals surface area contributed by atoms with E-state index in [0.29, 0.717) is 5.54 Å². The molecule has 0 radical (unpaired) electrons. The molecule has 1 spiro atoms. The van der Waals surface area contributed by atoms with E-state index in [1.165, 1.54) is 12.8 Å². The van der Waals surface area contributed by atoms with Crippen LogP contribution >= 0.6 is 12.4 Å². The number of hydrogen-bond donors (Lipinski definition) is 2. The highest BCUT2D eigenvalue weighted by atomic mass is 35.5. The average Bonchev–Trinajstić information content (AvgIpc) is 2.81. The minimum atomic E-state index is -0.408. The van der Waals surface area contributed by atoms with Crippen molar-refractivity contribution in [2.24, 2.45) is 0 Å². The fraction of sp³-hybridized carbons (Fsp3) is 0.917. The van der Waals surface area contributed by atoms with Gasteiger partial charge < -0.3 is 15.4 Å². The van der Waals surface area contributed by atoms with Gasteiger partial charge in [-0.25, -0.2) is 4.79 Å². The first kappa shape index (κ1) is 14.6. The van der Waals surface area contributed by atoms with Crippen molar-refractivity contribution in [2.75, 3.05) is 6.54 Å². The van der Waals surface area contributed by atoms with E-state index in [0.717, 1.165) is 19.4 Å². The fourth-order valence-corrected chi connectivity index (χ4v) is 2.29. The van der Waals surface area contributed by atoms with Crippen molar-refractivity contribution in [3.63, 3.8) is 0 Å². The minimum absolute atomic E-state index is 0. The van der Waals surface area contributed by atoms with Crippen molar-refractivity contribution in [1.29, 1.82) is 0 Å². The first-order chi connectivity index (χ1) is 7.39. The maximum atomic E-state index is 11.6. The lowest BCUT2D eigenvalue weighted by Crippen LogP contribution is -2.50. The molecule has 17 heavy (non-hydrogen) atoms. The van der Waals surface area contributed by atoms with Crippen LogP contribution in [-0.2, 0) is 4.74 Å². The highest BCUT2D eigenvalue weighted by molar-refractivity contribution is 5.85. The van der Waals surface area contributed by atoms with Gasteiger partial charge >= 0.3 is 6.09 Å². The average molecular weight is 263 g/mol. The molecule has 2 aliphatic rings. The van der Waals surface area contributed by atoms with Crippen LogP contribution in [-0.4, -0.2) is 29.8 Å². The number of ether oxygens (including phenoxy) is 1. The molecule has 0 bridgehead atoms. The summed E-state index contributed by atoms with van der Waals surface area (Å²) < 4.78 is 5.26. The normalized spacial score (nSPS) is 25.9. The van der Waals surface area contributed by atoms with Crippen LogP contribution in [0, 0.1) is 0 Å². The number of halogens is 1. The lowest BCUT2D eigenvalue weighted by molar-refractivity contribution is 0.0488. The number of hydrogen-bond acceptors (Lipinski definition) is 3. The zero-order valence-corrected chi connectivity index (χ0v) is 11.7. The summed E-state index contributed by atoms with van der Waals surface area (Å²) in [6.45, 7) is 6.66. The highest BCUT2D eigenvalue weighted by Crippen LogP contribution is 2.41. The Kier molecular flexibility index (Phi) is 4.31. The molecule has 4 nitrogen and oxygen atoms in total. The summed E-state index contributed by atoms with van der Waals surface area (Å²) >= 11 is 0. The predicted octanol–water partition coefficient (Wildman–Crippen LogP) is 2.22. The van der Waals surface area contributed by atoms with E-state index in [2.05, 4.69) is 10.6 Å². The highest BCUT2D eigenvalue weighted by Gasteiger charge is 2.46. The van der Waals surface area contributed by atoms with Gasteiger partial charge in [-0.2, -0.15) is 0 Å². The monoisotopic (exact) mass is 262 g/mol. The molecule has 2 rings (SSSR count). The number of carbonyl (C=O) groups excluding carboxylic acids is 1. The second-order valence-electron chi connectivity index (χ2n) is 6.04. The molecule has 1 unspecified atom stereocenters. The van der Waals surface area contributed by atoms with E-state index in [1.54, 1.807) is 0 Å². The summed E-state index contributed by atoms with van der Waals surface area (Å²) in [4.78, 5) is 11.6. The SMILES string of the molecule is CC(C)(C)OC(=O)NC1CCNC2(CC2)C1.Cl. The summed E-state index contributed by atoms with van der Waals surface area (Å²) in [6, 6.07) is 0.276. The first-order valence-electron chi connectivity index (χ1n) is 6.13. The topological polar surface area (TPSA) is 50.4 Å². The molecule has 1 saturated carbocycles. The quantitative estimate of drug-likeness (QED) is 0.762. The maximum Gasteiger partial charge on any atom is 0.407 e. The van der Waals surface area contributed by atoms with Crippen LogP contribution in [0.15, 0.2) is 0 Å². The van der Waals surface area contributed by atoms with Crippen molar-refractivity contribution < 1.29 is 9.53 Å². The molecule has 0 aromatic carbocycles. The maximum absolute atomic E-state index is 11.6. The van der Waals surface area contributed by atoms with Crippen molar-refractivity contribution in [3.8, 4) is 0 Å². The molecule has 0 aromatic rings. The van der Waals surface area contributed by atoms with Crippen LogP contribution in [0.1, 0.15) is 46.5 Å². The molecule has 0 aromatic heterocycles. The van der Waals surface area contributed by atoms with Crippen molar-refractivity contribution >= 4 is 18.5 Å². The van der Waals surface area contributed by atoms with Gasteiger partial charge in [0, 0.05) is 11.6 Å². The van der Waals surface area contributed by atoms with E-state index >= 15 is 0 Å². The van der Waals surface area contributed by atoms with Crippen LogP contribution in [0.3, 0.4) is 0 Å². The molecular formula is C12H23ClN2O2. The lowest BCUT2D eigenvalue weighted by Gasteiger charge is -2.31. The lowest BCUT2D eigenvalue weighted by atomic mass is 9.98.